The number of ether oxygens (including phenoxy) is 1. The summed E-state index contributed by atoms with van der Waals surface area (Å²) in [6.07, 6.45) is 1.80. The Labute approximate surface area is 147 Å². The molecule has 25 heavy (non-hydrogen) atoms. The van der Waals surface area contributed by atoms with Crippen LogP contribution >= 0.6 is 11.3 Å². The third-order valence-corrected chi connectivity index (χ3v) is 4.30. The van der Waals surface area contributed by atoms with Crippen molar-refractivity contribution in [2.24, 2.45) is 0 Å². The molecule has 7 nitrogen and oxygen atoms in total. The fourth-order valence-electron chi connectivity index (χ4n) is 2.26. The Kier molecular flexibility index (Phi) is 5.10. The van der Waals surface area contributed by atoms with Gasteiger partial charge in [0.15, 0.2) is 6.61 Å². The van der Waals surface area contributed by atoms with Crippen molar-refractivity contribution in [3.63, 3.8) is 0 Å². The molecule has 0 aliphatic rings. The van der Waals surface area contributed by atoms with Gasteiger partial charge in [-0.3, -0.25) is 25.2 Å². The van der Waals surface area contributed by atoms with Crippen molar-refractivity contribution in [1.82, 2.24) is 15.8 Å². The first-order valence-electron chi connectivity index (χ1n) is 7.47. The van der Waals surface area contributed by atoms with Crippen LogP contribution in [0.4, 0.5) is 0 Å². The average molecular weight is 357 g/mol. The van der Waals surface area contributed by atoms with Crippen LogP contribution in [0.15, 0.2) is 48.0 Å². The minimum Gasteiger partial charge on any atom is -0.455 e. The number of rotatable bonds is 5. The van der Waals surface area contributed by atoms with Crippen molar-refractivity contribution in [3.8, 4) is 0 Å². The Morgan fingerprint density at radius 2 is 1.92 bits per heavy atom. The van der Waals surface area contributed by atoms with E-state index in [-0.39, 0.29) is 6.42 Å². The predicted octanol–water partition coefficient (Wildman–Crippen LogP) is 1.78. The Morgan fingerprint density at radius 1 is 1.08 bits per heavy atom. The number of aromatic amines is 1. The molecule has 2 aromatic heterocycles. The van der Waals surface area contributed by atoms with Crippen molar-refractivity contribution < 1.29 is 19.1 Å². The fraction of sp³-hybridized carbons (Fsp3) is 0.118. The summed E-state index contributed by atoms with van der Waals surface area (Å²) >= 11 is 1.25. The number of fused-ring (bicyclic) bond motifs is 1. The molecule has 2 amide bonds. The second kappa shape index (κ2) is 7.63. The molecule has 0 saturated heterocycles. The molecule has 0 atom stereocenters. The monoisotopic (exact) mass is 357 g/mol. The van der Waals surface area contributed by atoms with Gasteiger partial charge in [0.2, 0.25) is 0 Å². The van der Waals surface area contributed by atoms with E-state index in [2.05, 4.69) is 15.8 Å². The van der Waals surface area contributed by atoms with Gasteiger partial charge in [0, 0.05) is 17.1 Å². The van der Waals surface area contributed by atoms with E-state index < -0.39 is 24.4 Å². The first-order chi connectivity index (χ1) is 12.1. The Hall–Kier alpha value is -3.13. The number of H-pyrrole nitrogens is 1. The Bertz CT molecular complexity index is 902. The molecule has 0 radical (unpaired) electrons. The second-order valence-corrected chi connectivity index (χ2v) is 6.12. The van der Waals surface area contributed by atoms with Gasteiger partial charge in [-0.2, -0.15) is 0 Å². The van der Waals surface area contributed by atoms with E-state index in [4.69, 9.17) is 4.74 Å². The number of hydrogen-bond acceptors (Lipinski definition) is 5. The topological polar surface area (TPSA) is 100 Å². The summed E-state index contributed by atoms with van der Waals surface area (Å²) in [6.45, 7) is -0.466. The summed E-state index contributed by atoms with van der Waals surface area (Å²) in [5.74, 6) is -1.56. The second-order valence-electron chi connectivity index (χ2n) is 5.18. The molecule has 8 heteroatoms. The summed E-state index contributed by atoms with van der Waals surface area (Å²) in [4.78, 5) is 38.7. The molecule has 0 spiro atoms. The zero-order chi connectivity index (χ0) is 17.6. The number of benzene rings is 1. The zero-order valence-corrected chi connectivity index (χ0v) is 13.9. The highest BCUT2D eigenvalue weighted by molar-refractivity contribution is 7.12. The number of esters is 1. The lowest BCUT2D eigenvalue weighted by Gasteiger charge is -2.07. The van der Waals surface area contributed by atoms with Gasteiger partial charge in [0.1, 0.15) is 0 Å². The molecule has 3 rings (SSSR count). The number of amides is 2. The van der Waals surface area contributed by atoms with E-state index in [1.807, 2.05) is 24.3 Å². The smallest absolute Gasteiger partial charge is 0.310 e. The highest BCUT2D eigenvalue weighted by Gasteiger charge is 2.12. The number of carbonyl (C=O) groups is 3. The number of carbonyl (C=O) groups excluding carboxylic acids is 3. The fourth-order valence-corrected chi connectivity index (χ4v) is 2.88. The van der Waals surface area contributed by atoms with E-state index in [0.717, 1.165) is 16.5 Å². The van der Waals surface area contributed by atoms with Gasteiger partial charge in [-0.25, -0.2) is 0 Å². The molecule has 128 valence electrons. The Morgan fingerprint density at radius 3 is 2.72 bits per heavy atom. The number of aromatic nitrogens is 1. The molecule has 0 fully saturated rings. The van der Waals surface area contributed by atoms with Crippen molar-refractivity contribution >= 4 is 40.0 Å². The van der Waals surface area contributed by atoms with Gasteiger partial charge in [0.25, 0.3) is 11.8 Å². The Balaban J connectivity index is 1.44. The predicted molar refractivity (Wildman–Crippen MR) is 92.9 cm³/mol. The SMILES string of the molecule is O=C(COC(=O)Cc1c[nH]c2ccccc12)NNC(=O)c1cccs1. The van der Waals surface area contributed by atoms with Gasteiger partial charge in [0.05, 0.1) is 11.3 Å². The minimum atomic E-state index is -0.614. The number of nitrogens with one attached hydrogen (secondary N) is 3. The highest BCUT2D eigenvalue weighted by atomic mass is 32.1. The van der Waals surface area contributed by atoms with Crippen LogP contribution in [0.25, 0.3) is 10.9 Å². The van der Waals surface area contributed by atoms with Crippen LogP contribution < -0.4 is 10.9 Å². The largest absolute Gasteiger partial charge is 0.455 e. The maximum atomic E-state index is 11.9. The highest BCUT2D eigenvalue weighted by Crippen LogP contribution is 2.18. The van der Waals surface area contributed by atoms with E-state index in [9.17, 15) is 14.4 Å². The van der Waals surface area contributed by atoms with Crippen LogP contribution in [0.5, 0.6) is 0 Å². The lowest BCUT2D eigenvalue weighted by atomic mass is 10.1. The number of hydrogen-bond donors (Lipinski definition) is 3. The zero-order valence-electron chi connectivity index (χ0n) is 13.1. The molecule has 2 heterocycles. The third kappa shape index (κ3) is 4.24. The van der Waals surface area contributed by atoms with Crippen LogP contribution in [-0.4, -0.2) is 29.4 Å². The first kappa shape index (κ1) is 16.7. The average Bonchev–Trinajstić information content (AvgIpc) is 3.28. The molecule has 0 bridgehead atoms. The van der Waals surface area contributed by atoms with Crippen LogP contribution in [-0.2, 0) is 20.7 Å². The van der Waals surface area contributed by atoms with Gasteiger partial charge < -0.3 is 9.72 Å². The maximum absolute atomic E-state index is 11.9. The van der Waals surface area contributed by atoms with E-state index in [1.165, 1.54) is 11.3 Å². The van der Waals surface area contributed by atoms with Crippen LogP contribution in [0.1, 0.15) is 15.2 Å². The lowest BCUT2D eigenvalue weighted by molar-refractivity contribution is -0.148. The number of para-hydroxylation sites is 1. The molecular formula is C17H15N3O4S. The van der Waals surface area contributed by atoms with Gasteiger partial charge in [-0.1, -0.05) is 24.3 Å². The van der Waals surface area contributed by atoms with Crippen molar-refractivity contribution in [3.05, 3.63) is 58.4 Å². The summed E-state index contributed by atoms with van der Waals surface area (Å²) in [5, 5.41) is 2.69. The molecule has 0 unspecified atom stereocenters. The lowest BCUT2D eigenvalue weighted by Crippen LogP contribution is -2.43. The van der Waals surface area contributed by atoms with Crippen molar-refractivity contribution in [1.29, 1.82) is 0 Å². The van der Waals surface area contributed by atoms with Gasteiger partial charge in [-0.15, -0.1) is 11.3 Å². The number of hydrazine groups is 1. The quantitative estimate of drug-likeness (QED) is 0.479. The van der Waals surface area contributed by atoms with Crippen LogP contribution in [0.3, 0.4) is 0 Å². The van der Waals surface area contributed by atoms with Crippen LogP contribution in [0.2, 0.25) is 0 Å². The maximum Gasteiger partial charge on any atom is 0.310 e. The molecule has 3 aromatic rings. The van der Waals surface area contributed by atoms with Gasteiger partial charge >= 0.3 is 5.97 Å². The first-order valence-corrected chi connectivity index (χ1v) is 8.35. The van der Waals surface area contributed by atoms with E-state index >= 15 is 0 Å². The standard InChI is InChI=1S/C17H15N3O4S/c21-15(19-20-17(23)14-6-3-7-25-14)10-24-16(22)8-11-9-18-13-5-2-1-4-12(11)13/h1-7,9,18H,8,10H2,(H,19,21)(H,20,23). The van der Waals surface area contributed by atoms with Gasteiger partial charge in [-0.05, 0) is 23.1 Å². The molecule has 3 N–H and O–H groups in total. The van der Waals surface area contributed by atoms with Crippen molar-refractivity contribution in [2.75, 3.05) is 6.61 Å². The molecular weight excluding hydrogens is 342 g/mol. The summed E-state index contributed by atoms with van der Waals surface area (Å²) < 4.78 is 4.94. The molecule has 0 saturated carbocycles. The third-order valence-electron chi connectivity index (χ3n) is 3.43. The van der Waals surface area contributed by atoms with Crippen LogP contribution in [0, 0.1) is 0 Å². The number of thiophene rings is 1. The van der Waals surface area contributed by atoms with E-state index in [1.54, 1.807) is 23.7 Å². The molecule has 0 aliphatic heterocycles. The van der Waals surface area contributed by atoms with E-state index in [0.29, 0.717) is 4.88 Å². The summed E-state index contributed by atoms with van der Waals surface area (Å²) in [7, 11) is 0. The normalized spacial score (nSPS) is 10.4. The van der Waals surface area contributed by atoms with Crippen molar-refractivity contribution in [2.45, 2.75) is 6.42 Å². The summed E-state index contributed by atoms with van der Waals surface area (Å²) in [5.41, 5.74) is 6.18. The summed E-state index contributed by atoms with van der Waals surface area (Å²) in [6, 6.07) is 11.0. The minimum absolute atomic E-state index is 0.0544. The molecule has 1 aromatic carbocycles. The molecule has 0 aliphatic carbocycles.